The highest BCUT2D eigenvalue weighted by atomic mass is 16.2. The van der Waals surface area contributed by atoms with Crippen LogP contribution in [0.3, 0.4) is 0 Å². The molecule has 0 heterocycles. The molecule has 0 saturated carbocycles. The highest BCUT2D eigenvalue weighted by Crippen LogP contribution is 1.99. The van der Waals surface area contributed by atoms with Crippen molar-refractivity contribution in [3.8, 4) is 0 Å². The topological polar surface area (TPSA) is 61.4 Å². The Morgan fingerprint density at radius 3 is 2.12 bits per heavy atom. The van der Waals surface area contributed by atoms with E-state index >= 15 is 0 Å². The average Bonchev–Trinajstić information content (AvgIpc) is 2.10. The highest BCUT2D eigenvalue weighted by molar-refractivity contribution is 5.83. The number of carbonyl (C=O) groups excluding carboxylic acids is 2. The van der Waals surface area contributed by atoms with Crippen LogP contribution in [0, 0.1) is 0 Å². The molecule has 0 aromatic carbocycles. The van der Waals surface area contributed by atoms with Gasteiger partial charge in [-0.05, 0) is 27.7 Å². The van der Waals surface area contributed by atoms with E-state index in [2.05, 4.69) is 10.6 Å². The Kier molecular flexibility index (Phi) is 5.44. The molecule has 16 heavy (non-hydrogen) atoms. The molecule has 5 heteroatoms. The van der Waals surface area contributed by atoms with Crippen LogP contribution < -0.4 is 10.6 Å². The van der Waals surface area contributed by atoms with Gasteiger partial charge in [0.15, 0.2) is 0 Å². The van der Waals surface area contributed by atoms with Crippen molar-refractivity contribution in [1.82, 2.24) is 15.5 Å². The Morgan fingerprint density at radius 1 is 1.25 bits per heavy atom. The highest BCUT2D eigenvalue weighted by Gasteiger charge is 2.19. The van der Waals surface area contributed by atoms with Crippen molar-refractivity contribution in [1.29, 1.82) is 0 Å². The van der Waals surface area contributed by atoms with Gasteiger partial charge in [0.05, 0.1) is 12.6 Å². The van der Waals surface area contributed by atoms with Gasteiger partial charge in [0, 0.05) is 19.6 Å². The number of hydrogen-bond acceptors (Lipinski definition) is 3. The molecule has 0 radical (unpaired) electrons. The summed E-state index contributed by atoms with van der Waals surface area (Å²) < 4.78 is 0. The molecule has 0 rings (SSSR count). The lowest BCUT2D eigenvalue weighted by Crippen LogP contribution is -2.51. The number of amides is 2. The van der Waals surface area contributed by atoms with Gasteiger partial charge in [-0.3, -0.25) is 14.9 Å². The maximum Gasteiger partial charge on any atom is 0.237 e. The Labute approximate surface area is 97.6 Å². The quantitative estimate of drug-likeness (QED) is 0.711. The standard InChI is InChI=1S/C11H23N3O2/c1-8(10(16)13-11(2,3)4)12-7-9(15)14(5)6/h8,12H,7H2,1-6H3,(H,13,16). The van der Waals surface area contributed by atoms with Gasteiger partial charge in [-0.25, -0.2) is 0 Å². The molecule has 5 nitrogen and oxygen atoms in total. The normalized spacial score (nSPS) is 13.1. The van der Waals surface area contributed by atoms with Crippen molar-refractivity contribution in [2.24, 2.45) is 0 Å². The van der Waals surface area contributed by atoms with Crippen LogP contribution in [0.2, 0.25) is 0 Å². The van der Waals surface area contributed by atoms with Crippen LogP contribution in [0.15, 0.2) is 0 Å². The van der Waals surface area contributed by atoms with Crippen LogP contribution in [-0.4, -0.2) is 48.9 Å². The Morgan fingerprint density at radius 2 is 1.75 bits per heavy atom. The summed E-state index contributed by atoms with van der Waals surface area (Å²) in [5, 5.41) is 5.73. The zero-order valence-corrected chi connectivity index (χ0v) is 11.0. The van der Waals surface area contributed by atoms with Gasteiger partial charge >= 0.3 is 0 Å². The van der Waals surface area contributed by atoms with Gasteiger partial charge in [-0.2, -0.15) is 0 Å². The van der Waals surface area contributed by atoms with E-state index in [1.54, 1.807) is 21.0 Å². The Bertz CT molecular complexity index is 256. The molecule has 0 bridgehead atoms. The third-order valence-electron chi connectivity index (χ3n) is 1.95. The van der Waals surface area contributed by atoms with E-state index in [0.717, 1.165) is 0 Å². The molecule has 2 amide bonds. The monoisotopic (exact) mass is 229 g/mol. The summed E-state index contributed by atoms with van der Waals surface area (Å²) in [5.74, 6) is -0.144. The minimum absolute atomic E-state index is 0.0459. The first kappa shape index (κ1) is 14.9. The summed E-state index contributed by atoms with van der Waals surface area (Å²) >= 11 is 0. The molecule has 0 aromatic rings. The Balaban J connectivity index is 4.03. The van der Waals surface area contributed by atoms with E-state index in [1.807, 2.05) is 20.8 Å². The number of likely N-dealkylation sites (N-methyl/N-ethyl adjacent to an activating group) is 1. The fraction of sp³-hybridized carbons (Fsp3) is 0.818. The van der Waals surface area contributed by atoms with E-state index in [-0.39, 0.29) is 29.9 Å². The van der Waals surface area contributed by atoms with Gasteiger partial charge < -0.3 is 10.2 Å². The van der Waals surface area contributed by atoms with Crippen LogP contribution in [0.25, 0.3) is 0 Å². The first-order chi connectivity index (χ1) is 7.13. The first-order valence-corrected chi connectivity index (χ1v) is 5.39. The molecule has 2 N–H and O–H groups in total. The number of rotatable bonds is 4. The van der Waals surface area contributed by atoms with Gasteiger partial charge in [0.2, 0.25) is 11.8 Å². The number of nitrogens with zero attached hydrogens (tertiary/aromatic N) is 1. The molecule has 0 aliphatic carbocycles. The van der Waals surface area contributed by atoms with Crippen LogP contribution in [0.4, 0.5) is 0 Å². The summed E-state index contributed by atoms with van der Waals surface area (Å²) in [6.07, 6.45) is 0. The van der Waals surface area contributed by atoms with Crippen molar-refractivity contribution >= 4 is 11.8 Å². The van der Waals surface area contributed by atoms with Gasteiger partial charge in [-0.1, -0.05) is 0 Å². The van der Waals surface area contributed by atoms with E-state index in [9.17, 15) is 9.59 Å². The first-order valence-electron chi connectivity index (χ1n) is 5.39. The van der Waals surface area contributed by atoms with Crippen LogP contribution >= 0.6 is 0 Å². The summed E-state index contributed by atoms with van der Waals surface area (Å²) in [6.45, 7) is 7.67. The minimum Gasteiger partial charge on any atom is -0.350 e. The van der Waals surface area contributed by atoms with E-state index in [0.29, 0.717) is 0 Å². The largest absolute Gasteiger partial charge is 0.350 e. The molecule has 1 unspecified atom stereocenters. The molecule has 0 fully saturated rings. The average molecular weight is 229 g/mol. The summed E-state index contributed by atoms with van der Waals surface area (Å²) in [5.41, 5.74) is -0.251. The molecular weight excluding hydrogens is 206 g/mol. The zero-order chi connectivity index (χ0) is 12.9. The second kappa shape index (κ2) is 5.84. The predicted octanol–water partition coefficient (Wildman–Crippen LogP) is -0.0326. The number of nitrogens with one attached hydrogen (secondary N) is 2. The molecule has 1 atom stereocenters. The zero-order valence-electron chi connectivity index (χ0n) is 11.0. The molecule has 0 aliphatic rings. The van der Waals surface area contributed by atoms with Crippen molar-refractivity contribution in [3.05, 3.63) is 0 Å². The molecule has 0 saturated heterocycles. The minimum atomic E-state index is -0.372. The third kappa shape index (κ3) is 6.40. The van der Waals surface area contributed by atoms with Crippen molar-refractivity contribution in [2.45, 2.75) is 39.3 Å². The summed E-state index contributed by atoms with van der Waals surface area (Å²) in [4.78, 5) is 24.4. The number of carbonyl (C=O) groups is 2. The predicted molar refractivity (Wildman–Crippen MR) is 64.1 cm³/mol. The van der Waals surface area contributed by atoms with Gasteiger partial charge in [0.25, 0.3) is 0 Å². The van der Waals surface area contributed by atoms with Crippen molar-refractivity contribution < 1.29 is 9.59 Å². The molecule has 0 aromatic heterocycles. The van der Waals surface area contributed by atoms with E-state index < -0.39 is 0 Å². The van der Waals surface area contributed by atoms with Crippen LogP contribution in [-0.2, 0) is 9.59 Å². The smallest absolute Gasteiger partial charge is 0.237 e. The summed E-state index contributed by atoms with van der Waals surface area (Å²) in [6, 6.07) is -0.372. The lowest BCUT2D eigenvalue weighted by atomic mass is 10.1. The van der Waals surface area contributed by atoms with E-state index in [1.165, 1.54) is 4.90 Å². The molecular formula is C11H23N3O2. The molecule has 94 valence electrons. The number of hydrogen-bond donors (Lipinski definition) is 2. The van der Waals surface area contributed by atoms with Gasteiger partial charge in [-0.15, -0.1) is 0 Å². The Hall–Kier alpha value is -1.10. The van der Waals surface area contributed by atoms with Crippen LogP contribution in [0.5, 0.6) is 0 Å². The van der Waals surface area contributed by atoms with Crippen molar-refractivity contribution in [3.63, 3.8) is 0 Å². The maximum absolute atomic E-state index is 11.6. The fourth-order valence-corrected chi connectivity index (χ4v) is 0.969. The van der Waals surface area contributed by atoms with Gasteiger partial charge in [0.1, 0.15) is 0 Å². The SMILES string of the molecule is CC(NCC(=O)N(C)C)C(=O)NC(C)(C)C. The molecule has 0 aliphatic heterocycles. The van der Waals surface area contributed by atoms with Crippen LogP contribution in [0.1, 0.15) is 27.7 Å². The fourth-order valence-electron chi connectivity index (χ4n) is 0.969. The lowest BCUT2D eigenvalue weighted by molar-refractivity contribution is -0.128. The van der Waals surface area contributed by atoms with Crippen molar-refractivity contribution in [2.75, 3.05) is 20.6 Å². The maximum atomic E-state index is 11.6. The second-order valence-corrected chi connectivity index (χ2v) is 5.13. The molecule has 0 spiro atoms. The third-order valence-corrected chi connectivity index (χ3v) is 1.95. The second-order valence-electron chi connectivity index (χ2n) is 5.13. The van der Waals surface area contributed by atoms with E-state index in [4.69, 9.17) is 0 Å². The lowest BCUT2D eigenvalue weighted by Gasteiger charge is -2.23. The summed E-state index contributed by atoms with van der Waals surface area (Å²) in [7, 11) is 3.37.